The summed E-state index contributed by atoms with van der Waals surface area (Å²) in [5, 5.41) is 21.5. The van der Waals surface area contributed by atoms with Gasteiger partial charge in [0.25, 0.3) is 0 Å². The number of ether oxygens (including phenoxy) is 1. The van der Waals surface area contributed by atoms with Crippen LogP contribution < -0.4 is 19.9 Å². The lowest BCUT2D eigenvalue weighted by Gasteiger charge is -2.21. The van der Waals surface area contributed by atoms with Gasteiger partial charge in [-0.3, -0.25) is 9.69 Å². The lowest BCUT2D eigenvalue weighted by Crippen LogP contribution is -2.27. The van der Waals surface area contributed by atoms with Gasteiger partial charge in [0.1, 0.15) is 17.4 Å². The monoisotopic (exact) mass is 306 g/mol. The number of nitrogens with one attached hydrogen (secondary N) is 1. The number of nitrogens with zero attached hydrogens (tertiary/aromatic N) is 2. The Labute approximate surface area is 125 Å². The summed E-state index contributed by atoms with van der Waals surface area (Å²) in [6.45, 7) is 1.27. The van der Waals surface area contributed by atoms with E-state index in [1.54, 1.807) is 0 Å². The summed E-state index contributed by atoms with van der Waals surface area (Å²) in [6.07, 6.45) is 1.33. The van der Waals surface area contributed by atoms with Gasteiger partial charge in [0.2, 0.25) is 11.3 Å². The average Bonchev–Trinajstić information content (AvgIpc) is 2.46. The quantitative estimate of drug-likeness (QED) is 0.872. The van der Waals surface area contributed by atoms with Crippen LogP contribution in [0.2, 0.25) is 0 Å². The predicted octanol–water partition coefficient (Wildman–Crippen LogP) is 1.61. The van der Waals surface area contributed by atoms with Crippen molar-refractivity contribution in [1.29, 1.82) is 0 Å². The maximum atomic E-state index is 13.6. The number of carbonyl (C=O) groups is 1. The molecule has 0 spiro atoms. The van der Waals surface area contributed by atoms with Crippen LogP contribution in [0.1, 0.15) is 6.92 Å². The fourth-order valence-corrected chi connectivity index (χ4v) is 1.97. The molecule has 2 rings (SSSR count). The maximum absolute atomic E-state index is 13.6. The van der Waals surface area contributed by atoms with Gasteiger partial charge < -0.3 is 20.1 Å². The molecule has 1 N–H and O–H groups in total. The van der Waals surface area contributed by atoms with Crippen molar-refractivity contribution in [3.8, 4) is 5.75 Å². The number of H-pyrrole nitrogens is 1. The van der Waals surface area contributed by atoms with Crippen LogP contribution in [0, 0.1) is 16.2 Å². The van der Waals surface area contributed by atoms with E-state index in [0.29, 0.717) is 0 Å². The fourth-order valence-electron chi connectivity index (χ4n) is 1.97. The van der Waals surface area contributed by atoms with Crippen molar-refractivity contribution in [2.45, 2.75) is 6.92 Å². The smallest absolute Gasteiger partial charge is 0.229 e. The van der Waals surface area contributed by atoms with Gasteiger partial charge in [0.05, 0.1) is 18.9 Å². The second-order valence-electron chi connectivity index (χ2n) is 4.39. The van der Waals surface area contributed by atoms with Crippen molar-refractivity contribution in [3.05, 3.63) is 58.1 Å². The molecule has 1 amide bonds. The van der Waals surface area contributed by atoms with E-state index in [4.69, 9.17) is 4.74 Å². The average molecular weight is 306 g/mol. The highest BCUT2D eigenvalue weighted by atomic mass is 19.1. The molecule has 22 heavy (non-hydrogen) atoms. The van der Waals surface area contributed by atoms with Crippen LogP contribution in [-0.2, 0) is 4.79 Å². The van der Waals surface area contributed by atoms with Crippen molar-refractivity contribution in [3.63, 3.8) is 0 Å². The van der Waals surface area contributed by atoms with E-state index in [1.165, 1.54) is 44.5 Å². The summed E-state index contributed by atoms with van der Waals surface area (Å²) in [6, 6.07) is 6.21. The summed E-state index contributed by atoms with van der Waals surface area (Å²) < 4.78 is 18.6. The highest BCUT2D eigenvalue weighted by molar-refractivity contribution is 5.98. The van der Waals surface area contributed by atoms with Gasteiger partial charge in [0.15, 0.2) is 0 Å². The van der Waals surface area contributed by atoms with Gasteiger partial charge in [-0.25, -0.2) is 4.39 Å². The second kappa shape index (κ2) is 6.17. The minimum Gasteiger partial charge on any atom is -0.612 e. The third-order valence-corrected chi connectivity index (χ3v) is 2.89. The van der Waals surface area contributed by atoms with Gasteiger partial charge in [-0.2, -0.15) is 4.90 Å². The van der Waals surface area contributed by atoms with Crippen LogP contribution in [0.5, 0.6) is 5.75 Å². The van der Waals surface area contributed by atoms with Crippen LogP contribution in [0.25, 0.3) is 0 Å². The Hall–Kier alpha value is -3.03. The topological polar surface area (TPSA) is 94.5 Å². The first-order valence-corrected chi connectivity index (χ1v) is 6.24. The summed E-state index contributed by atoms with van der Waals surface area (Å²) >= 11 is 0. The summed E-state index contributed by atoms with van der Waals surface area (Å²) in [5.41, 5.74) is 0.195. The lowest BCUT2D eigenvalue weighted by atomic mass is 10.2. The number of hydrogen-bond donors (Lipinski definition) is 1. The maximum Gasteiger partial charge on any atom is 0.229 e. The number of halogens is 1. The van der Waals surface area contributed by atoms with E-state index in [9.17, 15) is 19.6 Å². The van der Waals surface area contributed by atoms with E-state index in [0.717, 1.165) is 11.0 Å². The minimum atomic E-state index is -0.592. The van der Waals surface area contributed by atoms with Crippen LogP contribution in [0.15, 0.2) is 36.5 Å². The van der Waals surface area contributed by atoms with E-state index < -0.39 is 16.6 Å². The van der Waals surface area contributed by atoms with E-state index in [-0.39, 0.29) is 22.6 Å². The molecule has 1 heterocycles. The Balaban J connectivity index is 2.61. The van der Waals surface area contributed by atoms with Gasteiger partial charge in [-0.15, -0.1) is 0 Å². The zero-order chi connectivity index (χ0) is 16.3. The largest absolute Gasteiger partial charge is 0.612 e. The number of hydrogen-bond acceptors (Lipinski definition) is 4. The van der Waals surface area contributed by atoms with Gasteiger partial charge in [-0.1, -0.05) is 0 Å². The molecule has 8 heteroatoms. The summed E-state index contributed by atoms with van der Waals surface area (Å²) in [7, 11) is 1.37. The van der Waals surface area contributed by atoms with Crippen LogP contribution in [-0.4, -0.2) is 18.0 Å². The molecule has 1 aromatic heterocycles. The molecule has 0 fully saturated rings. The second-order valence-corrected chi connectivity index (χ2v) is 4.39. The van der Waals surface area contributed by atoms with Crippen molar-refractivity contribution >= 4 is 17.4 Å². The standard InChI is InChI=1S/C14H13FN3O4/c1-9(19)17(12-5-10(15)6-13(7-12)22-2)14-8-11(18(20)21)3-4-16-14/h3-8,16H,1-2H3/q-1. The zero-order valence-electron chi connectivity index (χ0n) is 11.9. The first-order chi connectivity index (χ1) is 10.4. The molecule has 1 aromatic carbocycles. The molecule has 0 saturated carbocycles. The van der Waals surface area contributed by atoms with Crippen molar-refractivity contribution in [2.75, 3.05) is 12.0 Å². The number of benzene rings is 1. The fraction of sp³-hybridized carbons (Fsp3) is 0.143. The number of rotatable bonds is 3. The first-order valence-electron chi connectivity index (χ1n) is 6.24. The number of methoxy groups -OCH3 is 1. The highest BCUT2D eigenvalue weighted by Crippen LogP contribution is 2.28. The Kier molecular flexibility index (Phi) is 4.31. The number of pyridine rings is 1. The Morgan fingerprint density at radius 3 is 2.64 bits per heavy atom. The summed E-state index contributed by atoms with van der Waals surface area (Å²) in [5.74, 6) is -0.656. The van der Waals surface area contributed by atoms with Crippen molar-refractivity contribution in [1.82, 2.24) is 9.89 Å². The van der Waals surface area contributed by atoms with Crippen molar-refractivity contribution < 1.29 is 13.9 Å². The van der Waals surface area contributed by atoms with Crippen LogP contribution >= 0.6 is 0 Å². The molecular weight excluding hydrogens is 293 g/mol. The molecule has 0 unspecified atom stereocenters. The molecule has 7 nitrogen and oxygen atoms in total. The molecule has 0 bridgehead atoms. The molecule has 2 aromatic rings. The molecule has 0 radical (unpaired) electrons. The normalized spacial score (nSPS) is 10.1. The van der Waals surface area contributed by atoms with Crippen LogP contribution in [0.3, 0.4) is 0 Å². The van der Waals surface area contributed by atoms with Gasteiger partial charge >= 0.3 is 0 Å². The number of amides is 1. The molecule has 0 aliphatic carbocycles. The summed E-state index contributed by atoms with van der Waals surface area (Å²) in [4.78, 5) is 15.2. The molecule has 116 valence electrons. The first kappa shape index (κ1) is 15.4. The molecule has 0 aliphatic rings. The Morgan fingerprint density at radius 2 is 2.05 bits per heavy atom. The number of anilines is 2. The minimum absolute atomic E-state index is 0.148. The van der Waals surface area contributed by atoms with Gasteiger partial charge in [0, 0.05) is 31.3 Å². The van der Waals surface area contributed by atoms with Crippen LogP contribution in [0.4, 0.5) is 15.9 Å². The van der Waals surface area contributed by atoms with E-state index in [2.05, 4.69) is 4.98 Å². The SMILES string of the molecule is COc1cc(F)cc(N(C(C)=O)c2cc(=[N+]([O-])[O-])cc[nH]2)c1. The number of carbonyl (C=O) groups excluding carboxylic acids is 1. The lowest BCUT2D eigenvalue weighted by molar-refractivity contribution is -0.115. The third kappa shape index (κ3) is 3.17. The van der Waals surface area contributed by atoms with Crippen molar-refractivity contribution in [2.24, 2.45) is 0 Å². The zero-order valence-corrected chi connectivity index (χ0v) is 11.9. The Bertz CT molecular complexity index is 769. The molecule has 0 aliphatic heterocycles. The van der Waals surface area contributed by atoms with Gasteiger partial charge in [-0.05, 0) is 6.07 Å². The molecule has 0 saturated heterocycles. The van der Waals surface area contributed by atoms with E-state index >= 15 is 0 Å². The Morgan fingerprint density at radius 1 is 1.32 bits per heavy atom. The molecule has 0 atom stereocenters. The number of aromatic amines is 1. The molecular formula is C14H13FN3O4-. The third-order valence-electron chi connectivity index (χ3n) is 2.89. The predicted molar refractivity (Wildman–Crippen MR) is 78.6 cm³/mol. The van der Waals surface area contributed by atoms with E-state index in [1.807, 2.05) is 0 Å². The number of aromatic nitrogens is 1. The highest BCUT2D eigenvalue weighted by Gasteiger charge is 2.17.